The van der Waals surface area contributed by atoms with Gasteiger partial charge in [0.05, 0.1) is 28.6 Å². The normalized spacial score (nSPS) is 14.1. The third-order valence-electron chi connectivity index (χ3n) is 7.53. The van der Waals surface area contributed by atoms with Crippen LogP contribution in [0.25, 0.3) is 55.7 Å². The van der Waals surface area contributed by atoms with Gasteiger partial charge >= 0.3 is 0 Å². The molecule has 38 heavy (non-hydrogen) atoms. The van der Waals surface area contributed by atoms with Crippen LogP contribution in [0.2, 0.25) is 0 Å². The van der Waals surface area contributed by atoms with E-state index < -0.39 is 0 Å². The van der Waals surface area contributed by atoms with E-state index in [0.29, 0.717) is 0 Å². The second kappa shape index (κ2) is 9.79. The Morgan fingerprint density at radius 3 is 2.61 bits per heavy atom. The zero-order valence-electron chi connectivity index (χ0n) is 21.0. The zero-order valence-corrected chi connectivity index (χ0v) is 21.0. The smallest absolute Gasteiger partial charge is 0.135 e. The molecule has 7 rings (SSSR count). The Morgan fingerprint density at radius 1 is 0.842 bits per heavy atom. The minimum absolute atomic E-state index is 0.779. The fourth-order valence-corrected chi connectivity index (χ4v) is 5.55. The molecule has 0 saturated heterocycles. The van der Waals surface area contributed by atoms with Gasteiger partial charge in [0.2, 0.25) is 0 Å². The highest BCUT2D eigenvalue weighted by molar-refractivity contribution is 5.99. The number of H-pyrrole nitrogens is 2. The molecule has 0 spiro atoms. The van der Waals surface area contributed by atoms with Crippen molar-refractivity contribution in [3.05, 3.63) is 79.1 Å². The van der Waals surface area contributed by atoms with Gasteiger partial charge in [0.25, 0.3) is 0 Å². The van der Waals surface area contributed by atoms with Crippen LogP contribution in [-0.2, 0) is 6.54 Å². The summed E-state index contributed by atoms with van der Waals surface area (Å²) in [6.07, 6.45) is 16.6. The van der Waals surface area contributed by atoms with Crippen molar-refractivity contribution in [1.29, 1.82) is 0 Å². The summed E-state index contributed by atoms with van der Waals surface area (Å²) in [6, 6.07) is 12.3. The molecule has 6 heterocycles. The van der Waals surface area contributed by atoms with E-state index in [1.165, 1.54) is 31.2 Å². The number of aromatic amines is 2. The fourth-order valence-electron chi connectivity index (χ4n) is 5.55. The lowest BCUT2D eigenvalue weighted by Gasteiger charge is -2.11. The predicted molar refractivity (Wildman–Crippen MR) is 149 cm³/mol. The monoisotopic (exact) mass is 500 g/mol. The van der Waals surface area contributed by atoms with Crippen LogP contribution in [-0.4, -0.2) is 41.7 Å². The number of fused-ring (bicyclic) bond motifs is 2. The minimum Gasteiger partial charge on any atom is -0.352 e. The fraction of sp³-hybridized carbons (Fsp3) is 0.233. The summed E-state index contributed by atoms with van der Waals surface area (Å²) in [7, 11) is 0. The first-order valence-corrected chi connectivity index (χ1v) is 13.2. The first-order valence-electron chi connectivity index (χ1n) is 13.2. The van der Waals surface area contributed by atoms with Crippen molar-refractivity contribution in [3.8, 4) is 33.8 Å². The number of aromatic nitrogens is 7. The molecule has 1 saturated carbocycles. The first-order chi connectivity index (χ1) is 18.8. The van der Waals surface area contributed by atoms with Crippen molar-refractivity contribution < 1.29 is 0 Å². The quantitative estimate of drug-likeness (QED) is 0.252. The van der Waals surface area contributed by atoms with E-state index in [2.05, 4.69) is 47.6 Å². The second-order valence-electron chi connectivity index (χ2n) is 10.1. The Kier molecular flexibility index (Phi) is 5.86. The Hall–Kier alpha value is -4.43. The molecular formula is C30H28N8. The number of nitrogens with zero attached hydrogens (tertiary/aromatic N) is 5. The molecule has 1 fully saturated rings. The largest absolute Gasteiger partial charge is 0.352 e. The molecule has 0 unspecified atom stereocenters. The molecule has 0 bridgehead atoms. The zero-order chi connectivity index (χ0) is 25.3. The Morgan fingerprint density at radius 2 is 1.71 bits per heavy atom. The minimum atomic E-state index is 0.779. The molecule has 6 aromatic heterocycles. The van der Waals surface area contributed by atoms with Gasteiger partial charge in [-0.1, -0.05) is 12.8 Å². The van der Waals surface area contributed by atoms with E-state index in [1.807, 2.05) is 49.1 Å². The van der Waals surface area contributed by atoms with E-state index in [9.17, 15) is 0 Å². The van der Waals surface area contributed by atoms with Gasteiger partial charge in [0.15, 0.2) is 0 Å². The number of hydrogen-bond acceptors (Lipinski definition) is 6. The molecule has 188 valence electrons. The molecule has 8 heteroatoms. The van der Waals surface area contributed by atoms with E-state index in [0.717, 1.165) is 74.7 Å². The van der Waals surface area contributed by atoms with E-state index in [4.69, 9.17) is 4.98 Å². The number of nitrogens with one attached hydrogen (secondary N) is 3. The summed E-state index contributed by atoms with van der Waals surface area (Å²) in [5.74, 6) is 0.816. The number of pyridine rings is 4. The molecule has 0 atom stereocenters. The van der Waals surface area contributed by atoms with Crippen LogP contribution in [0.3, 0.4) is 0 Å². The van der Waals surface area contributed by atoms with Gasteiger partial charge in [-0.05, 0) is 72.8 Å². The molecular weight excluding hydrogens is 472 g/mol. The van der Waals surface area contributed by atoms with Gasteiger partial charge in [-0.2, -0.15) is 5.10 Å². The Labute approximate surface area is 220 Å². The summed E-state index contributed by atoms with van der Waals surface area (Å²) in [5.41, 5.74) is 9.48. The topological polar surface area (TPSA) is 108 Å². The average molecular weight is 501 g/mol. The highest BCUT2D eigenvalue weighted by Crippen LogP contribution is 2.33. The van der Waals surface area contributed by atoms with Gasteiger partial charge in [-0.3, -0.25) is 20.1 Å². The highest BCUT2D eigenvalue weighted by atomic mass is 15.1. The summed E-state index contributed by atoms with van der Waals surface area (Å²) in [6.45, 7) is 1.90. The maximum atomic E-state index is 5.02. The SMILES string of the molecule is c1cc(-c2cncc3[nH]c(-c4n[nH]c5ccc(-c6cncc(CNCC7CCCC7)c6)nc45)cc23)ccn1. The first kappa shape index (κ1) is 22.7. The Bertz CT molecular complexity index is 1710. The van der Waals surface area contributed by atoms with Crippen LogP contribution in [0.5, 0.6) is 0 Å². The molecule has 6 aromatic rings. The van der Waals surface area contributed by atoms with Crippen LogP contribution in [0.4, 0.5) is 0 Å². The third-order valence-corrected chi connectivity index (χ3v) is 7.53. The third kappa shape index (κ3) is 4.33. The summed E-state index contributed by atoms with van der Waals surface area (Å²) < 4.78 is 0. The lowest BCUT2D eigenvalue weighted by atomic mass is 10.1. The van der Waals surface area contributed by atoms with Crippen LogP contribution in [0.1, 0.15) is 31.2 Å². The summed E-state index contributed by atoms with van der Waals surface area (Å²) >= 11 is 0. The van der Waals surface area contributed by atoms with Gasteiger partial charge in [-0.15, -0.1) is 0 Å². The van der Waals surface area contributed by atoms with Crippen molar-refractivity contribution >= 4 is 21.9 Å². The van der Waals surface area contributed by atoms with Gasteiger partial charge in [0.1, 0.15) is 11.2 Å². The maximum Gasteiger partial charge on any atom is 0.135 e. The number of rotatable bonds is 7. The van der Waals surface area contributed by atoms with E-state index >= 15 is 0 Å². The molecule has 0 radical (unpaired) electrons. The maximum absolute atomic E-state index is 5.02. The molecule has 3 N–H and O–H groups in total. The van der Waals surface area contributed by atoms with Crippen molar-refractivity contribution in [2.75, 3.05) is 6.54 Å². The standard InChI is InChI=1S/C30H28N8/c1-2-4-19(3-1)13-32-14-20-11-22(16-33-15-20)25-5-6-26-29(36-25)30(38-37-26)27-12-23-24(17-34-18-28(23)35-27)21-7-9-31-10-8-21/h5-12,15-19,32,35H,1-4,13-14H2,(H,37,38). The van der Waals surface area contributed by atoms with Crippen LogP contribution in [0.15, 0.2) is 73.6 Å². The van der Waals surface area contributed by atoms with Crippen molar-refractivity contribution in [2.24, 2.45) is 5.92 Å². The van der Waals surface area contributed by atoms with Gasteiger partial charge in [0, 0.05) is 54.0 Å². The van der Waals surface area contributed by atoms with Crippen molar-refractivity contribution in [1.82, 2.24) is 40.4 Å². The second-order valence-corrected chi connectivity index (χ2v) is 10.1. The molecule has 0 aromatic carbocycles. The number of hydrogen-bond donors (Lipinski definition) is 3. The van der Waals surface area contributed by atoms with Gasteiger partial charge < -0.3 is 10.3 Å². The van der Waals surface area contributed by atoms with E-state index in [1.54, 1.807) is 12.4 Å². The lowest BCUT2D eigenvalue weighted by Crippen LogP contribution is -2.20. The van der Waals surface area contributed by atoms with Gasteiger partial charge in [-0.25, -0.2) is 4.98 Å². The van der Waals surface area contributed by atoms with Crippen LogP contribution >= 0.6 is 0 Å². The summed E-state index contributed by atoms with van der Waals surface area (Å²) in [4.78, 5) is 21.6. The van der Waals surface area contributed by atoms with Crippen molar-refractivity contribution in [3.63, 3.8) is 0 Å². The Balaban J connectivity index is 1.20. The molecule has 1 aliphatic carbocycles. The molecule has 0 amide bonds. The lowest BCUT2D eigenvalue weighted by molar-refractivity contribution is 0.489. The van der Waals surface area contributed by atoms with Crippen LogP contribution < -0.4 is 5.32 Å². The molecule has 1 aliphatic rings. The van der Waals surface area contributed by atoms with Crippen LogP contribution in [0, 0.1) is 5.92 Å². The average Bonchev–Trinajstić information content (AvgIpc) is 3.73. The predicted octanol–water partition coefficient (Wildman–Crippen LogP) is 5.91. The highest BCUT2D eigenvalue weighted by Gasteiger charge is 2.17. The molecule has 8 nitrogen and oxygen atoms in total. The van der Waals surface area contributed by atoms with E-state index in [-0.39, 0.29) is 0 Å². The molecule has 0 aliphatic heterocycles. The van der Waals surface area contributed by atoms with Crippen molar-refractivity contribution in [2.45, 2.75) is 32.2 Å². The summed E-state index contributed by atoms with van der Waals surface area (Å²) in [5, 5.41) is 12.5.